The lowest BCUT2D eigenvalue weighted by Crippen LogP contribution is -2.40. The first kappa shape index (κ1) is 16.5. The molecule has 4 amide bonds. The summed E-state index contributed by atoms with van der Waals surface area (Å²) in [5.74, 6) is -0.670. The zero-order valence-electron chi connectivity index (χ0n) is 13.4. The number of carbonyl (C=O) groups is 3. The lowest BCUT2D eigenvalue weighted by molar-refractivity contribution is -0.117. The van der Waals surface area contributed by atoms with Crippen molar-refractivity contribution >= 4 is 29.2 Å². The molecule has 1 saturated heterocycles. The molecule has 1 aliphatic heterocycles. The molecule has 7 nitrogen and oxygen atoms in total. The highest BCUT2D eigenvalue weighted by Crippen LogP contribution is 2.21. The van der Waals surface area contributed by atoms with Crippen molar-refractivity contribution in [3.05, 3.63) is 60.2 Å². The van der Waals surface area contributed by atoms with Gasteiger partial charge in [0.2, 0.25) is 5.91 Å². The molecule has 7 heteroatoms. The van der Waals surface area contributed by atoms with Gasteiger partial charge in [-0.2, -0.15) is 0 Å². The Kier molecular flexibility index (Phi) is 4.65. The van der Waals surface area contributed by atoms with Crippen molar-refractivity contribution in [1.82, 2.24) is 5.32 Å². The number of nitrogens with two attached hydrogens (primary N) is 1. The third-order valence-corrected chi connectivity index (χ3v) is 3.97. The van der Waals surface area contributed by atoms with Gasteiger partial charge in [-0.05, 0) is 24.3 Å². The molecular formula is C18H18N4O3. The molecule has 1 fully saturated rings. The van der Waals surface area contributed by atoms with Crippen molar-refractivity contribution < 1.29 is 14.4 Å². The Morgan fingerprint density at radius 1 is 1.04 bits per heavy atom. The van der Waals surface area contributed by atoms with Crippen LogP contribution in [0.4, 0.5) is 16.2 Å². The number of nitrogens with one attached hydrogen (secondary N) is 2. The van der Waals surface area contributed by atoms with Crippen LogP contribution in [0.15, 0.2) is 54.6 Å². The van der Waals surface area contributed by atoms with Crippen molar-refractivity contribution in [2.45, 2.75) is 12.5 Å². The van der Waals surface area contributed by atoms with E-state index in [0.717, 1.165) is 5.69 Å². The summed E-state index contributed by atoms with van der Waals surface area (Å²) in [6.07, 6.45) is 0.222. The Morgan fingerprint density at radius 2 is 1.72 bits per heavy atom. The lowest BCUT2D eigenvalue weighted by Gasteiger charge is -2.17. The van der Waals surface area contributed by atoms with Crippen LogP contribution >= 0.6 is 0 Å². The molecule has 0 aromatic heterocycles. The number of nitrogens with zero attached hydrogens (tertiary/aromatic N) is 1. The van der Waals surface area contributed by atoms with Gasteiger partial charge in [0.25, 0.3) is 5.91 Å². The summed E-state index contributed by atoms with van der Waals surface area (Å²) in [6, 6.07) is 15.0. The van der Waals surface area contributed by atoms with Gasteiger partial charge in [-0.3, -0.25) is 9.59 Å². The van der Waals surface area contributed by atoms with Crippen molar-refractivity contribution in [3.8, 4) is 0 Å². The second-order valence-corrected chi connectivity index (χ2v) is 5.75. The Bertz CT molecular complexity index is 807. The summed E-state index contributed by atoms with van der Waals surface area (Å²) in [7, 11) is 0. The Hall–Kier alpha value is -3.35. The van der Waals surface area contributed by atoms with E-state index >= 15 is 0 Å². The molecule has 3 rings (SSSR count). The van der Waals surface area contributed by atoms with Crippen molar-refractivity contribution in [3.63, 3.8) is 0 Å². The first-order chi connectivity index (χ1) is 12.0. The maximum Gasteiger partial charge on any atom is 0.319 e. The largest absolute Gasteiger partial charge is 0.366 e. The minimum Gasteiger partial charge on any atom is -0.366 e. The van der Waals surface area contributed by atoms with Crippen LogP contribution in [-0.4, -0.2) is 30.4 Å². The third-order valence-electron chi connectivity index (χ3n) is 3.97. The van der Waals surface area contributed by atoms with E-state index in [1.165, 1.54) is 6.07 Å². The van der Waals surface area contributed by atoms with Gasteiger partial charge in [0, 0.05) is 18.7 Å². The molecule has 25 heavy (non-hydrogen) atoms. The zero-order chi connectivity index (χ0) is 17.8. The summed E-state index contributed by atoms with van der Waals surface area (Å²) in [5, 5.41) is 5.37. The van der Waals surface area contributed by atoms with Crippen LogP contribution in [0.2, 0.25) is 0 Å². The van der Waals surface area contributed by atoms with E-state index in [1.54, 1.807) is 23.1 Å². The monoisotopic (exact) mass is 338 g/mol. The molecule has 0 spiro atoms. The average molecular weight is 338 g/mol. The summed E-state index contributed by atoms with van der Waals surface area (Å²) in [4.78, 5) is 37.4. The van der Waals surface area contributed by atoms with Gasteiger partial charge >= 0.3 is 6.03 Å². The molecule has 1 aliphatic rings. The van der Waals surface area contributed by atoms with E-state index in [0.29, 0.717) is 12.2 Å². The molecule has 0 unspecified atom stereocenters. The van der Waals surface area contributed by atoms with Crippen LogP contribution in [0.3, 0.4) is 0 Å². The lowest BCUT2D eigenvalue weighted by atomic mass is 10.1. The molecule has 128 valence electrons. The molecule has 0 radical (unpaired) electrons. The highest BCUT2D eigenvalue weighted by Gasteiger charge is 2.31. The van der Waals surface area contributed by atoms with E-state index < -0.39 is 11.9 Å². The van der Waals surface area contributed by atoms with E-state index in [1.807, 2.05) is 30.3 Å². The molecule has 0 saturated carbocycles. The first-order valence-electron chi connectivity index (χ1n) is 7.86. The molecular weight excluding hydrogens is 320 g/mol. The van der Waals surface area contributed by atoms with Gasteiger partial charge in [-0.1, -0.05) is 30.3 Å². The molecule has 2 aromatic carbocycles. The van der Waals surface area contributed by atoms with Crippen LogP contribution < -0.4 is 21.3 Å². The van der Waals surface area contributed by atoms with Gasteiger partial charge < -0.3 is 21.3 Å². The SMILES string of the molecule is NC(=O)c1ccccc1NC(=O)N[C@@H]1CC(=O)N(c2ccccc2)C1. The zero-order valence-corrected chi connectivity index (χ0v) is 13.4. The number of benzene rings is 2. The van der Waals surface area contributed by atoms with Crippen LogP contribution in [-0.2, 0) is 4.79 Å². The summed E-state index contributed by atoms with van der Waals surface area (Å²) < 4.78 is 0. The van der Waals surface area contributed by atoms with Gasteiger partial charge in [-0.25, -0.2) is 4.79 Å². The van der Waals surface area contributed by atoms with Gasteiger partial charge in [0.15, 0.2) is 0 Å². The average Bonchev–Trinajstić information content (AvgIpc) is 2.96. The quantitative estimate of drug-likeness (QED) is 0.790. The molecule has 4 N–H and O–H groups in total. The van der Waals surface area contributed by atoms with Crippen molar-refractivity contribution in [2.24, 2.45) is 5.73 Å². The number of carbonyl (C=O) groups excluding carboxylic acids is 3. The number of anilines is 2. The first-order valence-corrected chi connectivity index (χ1v) is 7.86. The van der Waals surface area contributed by atoms with E-state index in [2.05, 4.69) is 10.6 Å². The van der Waals surface area contributed by atoms with Crippen LogP contribution in [0.5, 0.6) is 0 Å². The minimum absolute atomic E-state index is 0.0472. The Balaban J connectivity index is 1.63. The van der Waals surface area contributed by atoms with Crippen molar-refractivity contribution in [2.75, 3.05) is 16.8 Å². The minimum atomic E-state index is -0.623. The second kappa shape index (κ2) is 7.04. The predicted molar refractivity (Wildman–Crippen MR) is 94.3 cm³/mol. The van der Waals surface area contributed by atoms with Crippen molar-refractivity contribution in [1.29, 1.82) is 0 Å². The van der Waals surface area contributed by atoms with Gasteiger partial charge in [0.1, 0.15) is 0 Å². The van der Waals surface area contributed by atoms with Gasteiger partial charge in [0.05, 0.1) is 17.3 Å². The number of hydrogen-bond donors (Lipinski definition) is 3. The van der Waals surface area contributed by atoms with E-state index in [-0.39, 0.29) is 23.9 Å². The summed E-state index contributed by atoms with van der Waals surface area (Å²) in [5.41, 5.74) is 6.65. The van der Waals surface area contributed by atoms with Gasteiger partial charge in [-0.15, -0.1) is 0 Å². The normalized spacial score (nSPS) is 16.6. The topological polar surface area (TPSA) is 105 Å². The molecule has 1 heterocycles. The molecule has 1 atom stereocenters. The molecule has 0 bridgehead atoms. The van der Waals surface area contributed by atoms with E-state index in [9.17, 15) is 14.4 Å². The summed E-state index contributed by atoms with van der Waals surface area (Å²) in [6.45, 7) is 0.397. The van der Waals surface area contributed by atoms with Crippen LogP contribution in [0.1, 0.15) is 16.8 Å². The fraction of sp³-hybridized carbons (Fsp3) is 0.167. The van der Waals surface area contributed by atoms with Crippen LogP contribution in [0, 0.1) is 0 Å². The Labute approximate surface area is 144 Å². The second-order valence-electron chi connectivity index (χ2n) is 5.75. The smallest absolute Gasteiger partial charge is 0.319 e. The number of urea groups is 1. The molecule has 2 aromatic rings. The standard InChI is InChI=1S/C18H18N4O3/c19-17(24)14-8-4-5-9-15(14)21-18(25)20-12-10-16(23)22(11-12)13-6-2-1-3-7-13/h1-9,12H,10-11H2,(H2,19,24)(H2,20,21,25)/t12-/m1/s1. The number of amides is 4. The maximum atomic E-state index is 12.2. The van der Waals surface area contributed by atoms with Crippen LogP contribution in [0.25, 0.3) is 0 Å². The fourth-order valence-electron chi connectivity index (χ4n) is 2.81. The maximum absolute atomic E-state index is 12.2. The molecule has 0 aliphatic carbocycles. The summed E-state index contributed by atoms with van der Waals surface area (Å²) >= 11 is 0. The third kappa shape index (κ3) is 3.77. The highest BCUT2D eigenvalue weighted by molar-refractivity contribution is 6.03. The number of rotatable bonds is 4. The Morgan fingerprint density at radius 3 is 2.44 bits per heavy atom. The predicted octanol–water partition coefficient (Wildman–Crippen LogP) is 1.71. The number of primary amides is 1. The number of para-hydroxylation sites is 2. The number of hydrogen-bond acceptors (Lipinski definition) is 3. The highest BCUT2D eigenvalue weighted by atomic mass is 16.2. The van der Waals surface area contributed by atoms with E-state index in [4.69, 9.17) is 5.73 Å². The fourth-order valence-corrected chi connectivity index (χ4v) is 2.81.